The van der Waals surface area contributed by atoms with Crippen molar-refractivity contribution >= 4 is 18.3 Å². The van der Waals surface area contributed by atoms with E-state index in [2.05, 4.69) is 6.92 Å². The Hall–Kier alpha value is -0.280. The molecule has 1 saturated heterocycles. The van der Waals surface area contributed by atoms with Crippen LogP contribution in [0.25, 0.3) is 0 Å². The third-order valence-electron chi connectivity index (χ3n) is 4.92. The minimum absolute atomic E-state index is 0. The Balaban J connectivity index is 0.00000180. The summed E-state index contributed by atoms with van der Waals surface area (Å²) in [7, 11) is 0. The van der Waals surface area contributed by atoms with Crippen LogP contribution in [0.2, 0.25) is 0 Å². The molecule has 0 aromatic rings. The molecule has 1 aliphatic heterocycles. The fourth-order valence-electron chi connectivity index (χ4n) is 3.53. The molecule has 2 rings (SSSR count). The smallest absolute Gasteiger partial charge is 0.222 e. The first kappa shape index (κ1) is 16.8. The summed E-state index contributed by atoms with van der Waals surface area (Å²) >= 11 is 0. The maximum Gasteiger partial charge on any atom is 0.222 e. The number of nitrogens with zero attached hydrogens (tertiary/aromatic N) is 1. The van der Waals surface area contributed by atoms with Crippen molar-refractivity contribution < 1.29 is 4.79 Å². The number of carbonyl (C=O) groups excluding carboxylic acids is 1. The molecule has 0 aromatic heterocycles. The number of hydrogen-bond donors (Lipinski definition) is 1. The van der Waals surface area contributed by atoms with Crippen molar-refractivity contribution in [3.8, 4) is 0 Å². The Morgan fingerprint density at radius 3 is 2.53 bits per heavy atom. The predicted molar refractivity (Wildman–Crippen MR) is 81.3 cm³/mol. The maximum absolute atomic E-state index is 12.2. The normalized spacial score (nSPS) is 26.0. The molecule has 2 atom stereocenters. The van der Waals surface area contributed by atoms with Crippen molar-refractivity contribution in [1.29, 1.82) is 0 Å². The summed E-state index contributed by atoms with van der Waals surface area (Å²) in [6.07, 6.45) is 8.63. The van der Waals surface area contributed by atoms with E-state index in [0.717, 1.165) is 38.4 Å². The Morgan fingerprint density at radius 1 is 1.26 bits per heavy atom. The van der Waals surface area contributed by atoms with Gasteiger partial charge >= 0.3 is 0 Å². The summed E-state index contributed by atoms with van der Waals surface area (Å²) in [6.45, 7) is 4.82. The molecule has 1 saturated carbocycles. The van der Waals surface area contributed by atoms with Gasteiger partial charge in [-0.1, -0.05) is 39.0 Å². The predicted octanol–water partition coefficient (Wildman–Crippen LogP) is 2.82. The van der Waals surface area contributed by atoms with E-state index >= 15 is 0 Å². The fourth-order valence-corrected chi connectivity index (χ4v) is 3.53. The van der Waals surface area contributed by atoms with E-state index in [1.807, 2.05) is 4.90 Å². The summed E-state index contributed by atoms with van der Waals surface area (Å²) < 4.78 is 0. The van der Waals surface area contributed by atoms with Crippen molar-refractivity contribution in [2.75, 3.05) is 19.6 Å². The van der Waals surface area contributed by atoms with E-state index in [0.29, 0.717) is 17.7 Å². The maximum atomic E-state index is 12.2. The van der Waals surface area contributed by atoms with Crippen LogP contribution in [0.1, 0.15) is 51.9 Å². The topological polar surface area (TPSA) is 46.3 Å². The molecular formula is C15H29ClN2O. The average Bonchev–Trinajstić information content (AvgIpc) is 2.88. The molecule has 112 valence electrons. The van der Waals surface area contributed by atoms with Crippen LogP contribution in [0.15, 0.2) is 0 Å². The van der Waals surface area contributed by atoms with E-state index in [9.17, 15) is 4.79 Å². The van der Waals surface area contributed by atoms with Crippen LogP contribution in [0.4, 0.5) is 0 Å². The van der Waals surface area contributed by atoms with Gasteiger partial charge in [-0.2, -0.15) is 0 Å². The Labute approximate surface area is 123 Å². The van der Waals surface area contributed by atoms with Crippen LogP contribution in [0, 0.1) is 17.8 Å². The second kappa shape index (κ2) is 8.11. The lowest BCUT2D eigenvalue weighted by Gasteiger charge is -2.28. The third-order valence-corrected chi connectivity index (χ3v) is 4.92. The second-order valence-electron chi connectivity index (χ2n) is 6.31. The largest absolute Gasteiger partial charge is 0.342 e. The van der Waals surface area contributed by atoms with E-state index in [1.54, 1.807) is 0 Å². The van der Waals surface area contributed by atoms with Crippen molar-refractivity contribution in [1.82, 2.24) is 4.90 Å². The zero-order valence-electron chi connectivity index (χ0n) is 12.1. The van der Waals surface area contributed by atoms with Crippen molar-refractivity contribution in [2.45, 2.75) is 51.9 Å². The molecule has 3 nitrogen and oxygen atoms in total. The number of hydrogen-bond acceptors (Lipinski definition) is 2. The van der Waals surface area contributed by atoms with Gasteiger partial charge in [0.1, 0.15) is 0 Å². The quantitative estimate of drug-likeness (QED) is 0.865. The minimum Gasteiger partial charge on any atom is -0.342 e. The lowest BCUT2D eigenvalue weighted by molar-refractivity contribution is -0.131. The van der Waals surface area contributed by atoms with Crippen LogP contribution in [0.5, 0.6) is 0 Å². The standard InChI is InChI=1S/C15H28N2O.ClH/c1-12(14-5-3-2-4-6-14)9-15(18)17-8-7-13(10-16)11-17;/h12-14H,2-11,16H2,1H3;1H. The molecule has 2 fully saturated rings. The lowest BCUT2D eigenvalue weighted by Crippen LogP contribution is -2.32. The lowest BCUT2D eigenvalue weighted by atomic mass is 9.79. The van der Waals surface area contributed by atoms with Gasteiger partial charge in [0.05, 0.1) is 0 Å². The summed E-state index contributed by atoms with van der Waals surface area (Å²) in [4.78, 5) is 14.3. The van der Waals surface area contributed by atoms with Crippen molar-refractivity contribution in [2.24, 2.45) is 23.5 Å². The molecule has 1 aliphatic carbocycles. The Morgan fingerprint density at radius 2 is 1.95 bits per heavy atom. The van der Waals surface area contributed by atoms with Crippen LogP contribution >= 0.6 is 12.4 Å². The van der Waals surface area contributed by atoms with Crippen LogP contribution in [-0.2, 0) is 4.79 Å². The molecular weight excluding hydrogens is 260 g/mol. The van der Waals surface area contributed by atoms with E-state index in [-0.39, 0.29) is 12.4 Å². The summed E-state index contributed by atoms with van der Waals surface area (Å²) in [5, 5.41) is 0. The van der Waals surface area contributed by atoms with Gasteiger partial charge < -0.3 is 10.6 Å². The first-order valence-corrected chi connectivity index (χ1v) is 7.68. The molecule has 0 bridgehead atoms. The average molecular weight is 289 g/mol. The molecule has 2 unspecified atom stereocenters. The van der Waals surface area contributed by atoms with Crippen molar-refractivity contribution in [3.05, 3.63) is 0 Å². The molecule has 2 aliphatic rings. The van der Waals surface area contributed by atoms with Crippen LogP contribution in [0.3, 0.4) is 0 Å². The van der Waals surface area contributed by atoms with Gasteiger partial charge in [0.15, 0.2) is 0 Å². The van der Waals surface area contributed by atoms with Gasteiger partial charge in [-0.25, -0.2) is 0 Å². The second-order valence-corrected chi connectivity index (χ2v) is 6.31. The van der Waals surface area contributed by atoms with Gasteiger partial charge in [0, 0.05) is 19.5 Å². The number of likely N-dealkylation sites (tertiary alicyclic amines) is 1. The number of amides is 1. The van der Waals surface area contributed by atoms with Crippen LogP contribution in [-0.4, -0.2) is 30.4 Å². The Bertz CT molecular complexity index is 279. The number of carbonyl (C=O) groups is 1. The van der Waals surface area contributed by atoms with Crippen LogP contribution < -0.4 is 5.73 Å². The summed E-state index contributed by atoms with van der Waals surface area (Å²) in [5.74, 6) is 2.26. The molecule has 0 radical (unpaired) electrons. The molecule has 19 heavy (non-hydrogen) atoms. The van der Waals surface area contributed by atoms with Gasteiger partial charge in [-0.15, -0.1) is 12.4 Å². The van der Waals surface area contributed by atoms with E-state index < -0.39 is 0 Å². The van der Waals surface area contributed by atoms with Gasteiger partial charge in [-0.05, 0) is 30.7 Å². The minimum atomic E-state index is 0. The van der Waals surface area contributed by atoms with E-state index in [1.165, 1.54) is 32.1 Å². The monoisotopic (exact) mass is 288 g/mol. The zero-order chi connectivity index (χ0) is 13.0. The highest BCUT2D eigenvalue weighted by molar-refractivity contribution is 5.85. The molecule has 1 heterocycles. The SMILES string of the molecule is CC(CC(=O)N1CCC(CN)C1)C1CCCCC1.Cl. The first-order chi connectivity index (χ1) is 8.70. The highest BCUT2D eigenvalue weighted by Gasteiger charge is 2.28. The first-order valence-electron chi connectivity index (χ1n) is 7.68. The highest BCUT2D eigenvalue weighted by atomic mass is 35.5. The van der Waals surface area contributed by atoms with Gasteiger partial charge in [0.2, 0.25) is 5.91 Å². The molecule has 4 heteroatoms. The summed E-state index contributed by atoms with van der Waals surface area (Å²) in [6, 6.07) is 0. The number of nitrogens with two attached hydrogens (primary N) is 1. The van der Waals surface area contributed by atoms with E-state index in [4.69, 9.17) is 5.73 Å². The summed E-state index contributed by atoms with van der Waals surface area (Å²) in [5.41, 5.74) is 5.68. The van der Waals surface area contributed by atoms with Crippen molar-refractivity contribution in [3.63, 3.8) is 0 Å². The zero-order valence-corrected chi connectivity index (χ0v) is 13.0. The van der Waals surface area contributed by atoms with Gasteiger partial charge in [0.25, 0.3) is 0 Å². The highest BCUT2D eigenvalue weighted by Crippen LogP contribution is 2.32. The number of rotatable bonds is 4. The number of halogens is 1. The molecule has 0 aromatic carbocycles. The van der Waals surface area contributed by atoms with Gasteiger partial charge in [-0.3, -0.25) is 4.79 Å². The molecule has 0 spiro atoms. The molecule has 1 amide bonds. The fraction of sp³-hybridized carbons (Fsp3) is 0.933. The third kappa shape index (κ3) is 4.64. The molecule has 2 N–H and O–H groups in total. The Kier molecular flexibility index (Phi) is 7.16.